The summed E-state index contributed by atoms with van der Waals surface area (Å²) < 4.78 is 65.9. The lowest BCUT2D eigenvalue weighted by Crippen LogP contribution is -2.33. The van der Waals surface area contributed by atoms with E-state index in [0.717, 1.165) is 6.07 Å². The maximum atomic E-state index is 14.6. The SMILES string of the molecule is O=C(NS(=O)(=O)C1CC1)c1ccc(COc2cc(F)cc(-c3ccc(OCC4CC4)nc3)c2)c(F)c1. The largest absolute Gasteiger partial charge is 0.489 e. The highest BCUT2D eigenvalue weighted by Crippen LogP contribution is 2.30. The second-order valence-electron chi connectivity index (χ2n) is 9.09. The highest BCUT2D eigenvalue weighted by molar-refractivity contribution is 7.91. The van der Waals surface area contributed by atoms with Crippen LogP contribution < -0.4 is 14.2 Å². The van der Waals surface area contributed by atoms with Crippen LogP contribution in [0.4, 0.5) is 8.78 Å². The van der Waals surface area contributed by atoms with Crippen molar-refractivity contribution in [2.24, 2.45) is 5.92 Å². The normalized spacial score (nSPS) is 15.4. The molecule has 0 atom stereocenters. The third-order valence-corrected chi connectivity index (χ3v) is 7.83. The zero-order valence-electron chi connectivity index (χ0n) is 19.2. The van der Waals surface area contributed by atoms with Gasteiger partial charge in [-0.25, -0.2) is 26.9 Å². The summed E-state index contributed by atoms with van der Waals surface area (Å²) in [7, 11) is -3.73. The average molecular weight is 515 g/mol. The molecule has 2 saturated carbocycles. The lowest BCUT2D eigenvalue weighted by molar-refractivity contribution is 0.0980. The Morgan fingerprint density at radius 3 is 2.44 bits per heavy atom. The molecule has 1 amide bonds. The maximum Gasteiger partial charge on any atom is 0.264 e. The molecule has 5 rings (SSSR count). The molecule has 1 N–H and O–H groups in total. The summed E-state index contributed by atoms with van der Waals surface area (Å²) in [4.78, 5) is 16.5. The molecule has 2 aliphatic carbocycles. The van der Waals surface area contributed by atoms with E-state index in [1.54, 1.807) is 24.4 Å². The number of benzene rings is 2. The van der Waals surface area contributed by atoms with E-state index < -0.39 is 32.8 Å². The minimum absolute atomic E-state index is 0.120. The second kappa shape index (κ2) is 9.85. The van der Waals surface area contributed by atoms with Crippen molar-refractivity contribution in [2.75, 3.05) is 6.61 Å². The predicted octanol–water partition coefficient (Wildman–Crippen LogP) is 4.62. The number of hydrogen-bond acceptors (Lipinski definition) is 6. The van der Waals surface area contributed by atoms with Crippen LogP contribution in [0.2, 0.25) is 0 Å². The van der Waals surface area contributed by atoms with Gasteiger partial charge in [-0.1, -0.05) is 6.07 Å². The Kier molecular flexibility index (Phi) is 6.61. The first-order chi connectivity index (χ1) is 17.3. The van der Waals surface area contributed by atoms with E-state index in [1.165, 1.54) is 37.1 Å². The van der Waals surface area contributed by atoms with Gasteiger partial charge in [-0.05, 0) is 67.5 Å². The fourth-order valence-electron chi connectivity index (χ4n) is 3.55. The Balaban J connectivity index is 1.23. The lowest BCUT2D eigenvalue weighted by Gasteiger charge is -2.11. The van der Waals surface area contributed by atoms with E-state index in [4.69, 9.17) is 9.47 Å². The average Bonchev–Trinajstić information content (AvgIpc) is 3.75. The molecule has 188 valence electrons. The molecule has 36 heavy (non-hydrogen) atoms. The first kappa shape index (κ1) is 24.2. The molecule has 2 aliphatic rings. The fourth-order valence-corrected chi connectivity index (χ4v) is 4.85. The van der Waals surface area contributed by atoms with Gasteiger partial charge in [0, 0.05) is 35.0 Å². The number of sulfonamides is 1. The molecule has 1 aromatic heterocycles. The standard InChI is InChI=1S/C26H24F2N2O5S/c27-21-9-20(18-5-8-25(29-13-18)35-14-16-1-2-16)10-22(12-21)34-15-19-4-3-17(11-24(19)28)26(31)30-36(32,33)23-6-7-23/h3-5,8-13,16,23H,1-2,6-7,14-15H2,(H,30,31). The first-order valence-corrected chi connectivity index (χ1v) is 13.2. The number of amides is 1. The second-order valence-corrected chi connectivity index (χ2v) is 11.0. The van der Waals surface area contributed by atoms with Crippen LogP contribution in [-0.2, 0) is 16.6 Å². The van der Waals surface area contributed by atoms with Crippen LogP contribution in [0, 0.1) is 17.6 Å². The van der Waals surface area contributed by atoms with Crippen molar-refractivity contribution < 1.29 is 31.5 Å². The summed E-state index contributed by atoms with van der Waals surface area (Å²) >= 11 is 0. The number of halogens is 2. The van der Waals surface area contributed by atoms with Crippen molar-refractivity contribution in [3.05, 3.63) is 77.5 Å². The highest BCUT2D eigenvalue weighted by Gasteiger charge is 2.37. The smallest absolute Gasteiger partial charge is 0.264 e. The van der Waals surface area contributed by atoms with E-state index in [1.807, 2.05) is 4.72 Å². The van der Waals surface area contributed by atoms with E-state index in [0.29, 0.717) is 42.4 Å². The predicted molar refractivity (Wildman–Crippen MR) is 128 cm³/mol. The third-order valence-electron chi connectivity index (χ3n) is 6.01. The molecular formula is C26H24F2N2O5S. The van der Waals surface area contributed by atoms with Crippen LogP contribution in [0.5, 0.6) is 11.6 Å². The Bertz CT molecular complexity index is 1390. The van der Waals surface area contributed by atoms with Crippen molar-refractivity contribution in [1.82, 2.24) is 9.71 Å². The summed E-state index contributed by atoms with van der Waals surface area (Å²) in [6, 6.07) is 11.3. The third kappa shape index (κ3) is 5.99. The van der Waals surface area contributed by atoms with Crippen LogP contribution in [0.15, 0.2) is 54.7 Å². The molecule has 0 saturated heterocycles. The number of rotatable bonds is 10. The summed E-state index contributed by atoms with van der Waals surface area (Å²) in [5, 5.41) is -0.565. The van der Waals surface area contributed by atoms with Crippen molar-refractivity contribution in [1.29, 1.82) is 0 Å². The zero-order chi connectivity index (χ0) is 25.3. The number of ether oxygens (including phenoxy) is 2. The number of nitrogens with zero attached hydrogens (tertiary/aromatic N) is 1. The van der Waals surface area contributed by atoms with Gasteiger partial charge in [-0.2, -0.15) is 0 Å². The van der Waals surface area contributed by atoms with Gasteiger partial charge in [-0.15, -0.1) is 0 Å². The fraction of sp³-hybridized carbons (Fsp3) is 0.308. The minimum Gasteiger partial charge on any atom is -0.489 e. The van der Waals surface area contributed by atoms with Crippen molar-refractivity contribution in [2.45, 2.75) is 37.5 Å². The summed E-state index contributed by atoms with van der Waals surface area (Å²) in [6.07, 6.45) is 4.96. The number of carbonyl (C=O) groups is 1. The van der Waals surface area contributed by atoms with Crippen LogP contribution >= 0.6 is 0 Å². The Labute approximate surface area is 207 Å². The maximum absolute atomic E-state index is 14.6. The molecular weight excluding hydrogens is 490 g/mol. The topological polar surface area (TPSA) is 94.6 Å². The molecule has 0 unspecified atom stereocenters. The molecule has 10 heteroatoms. The molecule has 0 aliphatic heterocycles. The van der Waals surface area contributed by atoms with E-state index >= 15 is 0 Å². The monoisotopic (exact) mass is 514 g/mol. The number of carbonyl (C=O) groups excluding carboxylic acids is 1. The Morgan fingerprint density at radius 2 is 1.78 bits per heavy atom. The molecule has 0 radical (unpaired) electrons. The van der Waals surface area contributed by atoms with Gasteiger partial charge in [-0.3, -0.25) is 4.79 Å². The molecule has 1 heterocycles. The van der Waals surface area contributed by atoms with E-state index in [-0.39, 0.29) is 23.5 Å². The van der Waals surface area contributed by atoms with Gasteiger partial charge in [0.25, 0.3) is 5.91 Å². The lowest BCUT2D eigenvalue weighted by atomic mass is 10.1. The van der Waals surface area contributed by atoms with Crippen LogP contribution in [0.3, 0.4) is 0 Å². The number of pyridine rings is 1. The van der Waals surface area contributed by atoms with Gasteiger partial charge >= 0.3 is 0 Å². The molecule has 3 aromatic rings. The van der Waals surface area contributed by atoms with Gasteiger partial charge in [0.15, 0.2) is 0 Å². The summed E-state index contributed by atoms with van der Waals surface area (Å²) in [5.74, 6) is -0.848. The van der Waals surface area contributed by atoms with Crippen LogP contribution in [-0.4, -0.2) is 31.2 Å². The van der Waals surface area contributed by atoms with Crippen molar-refractivity contribution in [3.63, 3.8) is 0 Å². The van der Waals surface area contributed by atoms with Crippen molar-refractivity contribution in [3.8, 4) is 22.8 Å². The van der Waals surface area contributed by atoms with Gasteiger partial charge in [0.2, 0.25) is 15.9 Å². The summed E-state index contributed by atoms with van der Waals surface area (Å²) in [5.41, 5.74) is 1.21. The number of nitrogens with one attached hydrogen (secondary N) is 1. The van der Waals surface area contributed by atoms with Gasteiger partial charge < -0.3 is 9.47 Å². The number of hydrogen-bond donors (Lipinski definition) is 1. The molecule has 2 fully saturated rings. The number of aromatic nitrogens is 1. The molecule has 0 bridgehead atoms. The van der Waals surface area contributed by atoms with Gasteiger partial charge in [0.1, 0.15) is 24.0 Å². The van der Waals surface area contributed by atoms with Crippen LogP contribution in [0.1, 0.15) is 41.6 Å². The van der Waals surface area contributed by atoms with Gasteiger partial charge in [0.05, 0.1) is 11.9 Å². The van der Waals surface area contributed by atoms with E-state index in [9.17, 15) is 22.0 Å². The minimum atomic E-state index is -3.73. The Hall–Kier alpha value is -3.53. The van der Waals surface area contributed by atoms with Crippen LogP contribution in [0.25, 0.3) is 11.1 Å². The quantitative estimate of drug-likeness (QED) is 0.425. The highest BCUT2D eigenvalue weighted by atomic mass is 32.2. The molecule has 0 spiro atoms. The first-order valence-electron chi connectivity index (χ1n) is 11.6. The molecule has 7 nitrogen and oxygen atoms in total. The summed E-state index contributed by atoms with van der Waals surface area (Å²) in [6.45, 7) is 0.426. The Morgan fingerprint density at radius 1 is 0.972 bits per heavy atom. The zero-order valence-corrected chi connectivity index (χ0v) is 20.1. The van der Waals surface area contributed by atoms with Crippen molar-refractivity contribution >= 4 is 15.9 Å². The van der Waals surface area contributed by atoms with E-state index in [2.05, 4.69) is 4.98 Å². The molecule has 2 aromatic carbocycles.